The molecule has 0 radical (unpaired) electrons. The highest BCUT2D eigenvalue weighted by Crippen LogP contribution is 2.40. The summed E-state index contributed by atoms with van der Waals surface area (Å²) in [7, 11) is 0. The van der Waals surface area contributed by atoms with Gasteiger partial charge in [-0.25, -0.2) is 0 Å². The van der Waals surface area contributed by atoms with Gasteiger partial charge in [0.2, 0.25) is 0 Å². The van der Waals surface area contributed by atoms with Crippen LogP contribution in [0.5, 0.6) is 5.75 Å². The van der Waals surface area contributed by atoms with Gasteiger partial charge in [-0.2, -0.15) is 0 Å². The van der Waals surface area contributed by atoms with Gasteiger partial charge in [0, 0.05) is 18.6 Å². The lowest BCUT2D eigenvalue weighted by molar-refractivity contribution is -0.168. The Labute approximate surface area is 143 Å². The van der Waals surface area contributed by atoms with Crippen LogP contribution in [-0.4, -0.2) is 36.3 Å². The number of carbonyl (C=O) groups excluding carboxylic acids is 1. The van der Waals surface area contributed by atoms with Crippen molar-refractivity contribution in [2.75, 3.05) is 19.8 Å². The van der Waals surface area contributed by atoms with Crippen molar-refractivity contribution in [3.05, 3.63) is 29.3 Å². The third-order valence-electron chi connectivity index (χ3n) is 4.41. The van der Waals surface area contributed by atoms with Gasteiger partial charge in [0.1, 0.15) is 11.4 Å². The number of benzene rings is 1. The first kappa shape index (κ1) is 18.9. The molecule has 0 spiro atoms. The molecular formula is C19H28O5. The second-order valence-electron chi connectivity index (χ2n) is 6.54. The van der Waals surface area contributed by atoms with Crippen molar-refractivity contribution in [3.8, 4) is 5.75 Å². The van der Waals surface area contributed by atoms with Crippen LogP contribution in [0.3, 0.4) is 0 Å². The van der Waals surface area contributed by atoms with Crippen LogP contribution >= 0.6 is 0 Å². The van der Waals surface area contributed by atoms with Crippen LogP contribution in [0, 0.1) is 0 Å². The number of ketones is 1. The molecule has 1 heterocycles. The summed E-state index contributed by atoms with van der Waals surface area (Å²) in [5, 5.41) is 10.4. The Morgan fingerprint density at radius 2 is 1.96 bits per heavy atom. The van der Waals surface area contributed by atoms with Gasteiger partial charge in [0.15, 0.2) is 11.6 Å². The topological polar surface area (TPSA) is 65.0 Å². The number of rotatable bonds is 8. The minimum Gasteiger partial charge on any atom is -0.507 e. The van der Waals surface area contributed by atoms with Gasteiger partial charge in [-0.1, -0.05) is 32.4 Å². The molecular weight excluding hydrogens is 308 g/mol. The normalized spacial score (nSPS) is 17.2. The number of aromatic hydroxyl groups is 1. The smallest absolute Gasteiger partial charge is 0.198 e. The summed E-state index contributed by atoms with van der Waals surface area (Å²) < 4.78 is 17.4. The van der Waals surface area contributed by atoms with E-state index >= 15 is 0 Å². The summed E-state index contributed by atoms with van der Waals surface area (Å²) >= 11 is 0. The van der Waals surface area contributed by atoms with Crippen LogP contribution in [0.15, 0.2) is 18.2 Å². The highest BCUT2D eigenvalue weighted by molar-refractivity contribution is 6.05. The van der Waals surface area contributed by atoms with Gasteiger partial charge in [-0.05, 0) is 26.3 Å². The van der Waals surface area contributed by atoms with E-state index in [1.165, 1.54) is 6.07 Å². The first-order chi connectivity index (χ1) is 11.4. The van der Waals surface area contributed by atoms with E-state index in [0.717, 1.165) is 12.8 Å². The highest BCUT2D eigenvalue weighted by Gasteiger charge is 2.43. The number of ether oxygens (including phenoxy) is 3. The molecule has 0 bridgehead atoms. The molecule has 1 N–H and O–H groups in total. The van der Waals surface area contributed by atoms with Crippen molar-refractivity contribution in [2.45, 2.75) is 58.3 Å². The number of Topliss-reactive ketones (excluding diaryl/α,β-unsaturated/α-hetero) is 1. The molecule has 1 fully saturated rings. The van der Waals surface area contributed by atoms with Crippen molar-refractivity contribution < 1.29 is 24.1 Å². The number of unbranched alkanes of at least 4 members (excludes halogenated alkanes) is 1. The molecule has 1 aliphatic rings. The Morgan fingerprint density at radius 3 is 2.54 bits per heavy atom. The average Bonchev–Trinajstić information content (AvgIpc) is 3.04. The summed E-state index contributed by atoms with van der Waals surface area (Å²) in [4.78, 5) is 13.1. The first-order valence-electron chi connectivity index (χ1n) is 8.67. The molecule has 0 aliphatic carbocycles. The Bertz CT molecular complexity index is 573. The molecule has 1 aromatic carbocycles. The Morgan fingerprint density at radius 1 is 1.29 bits per heavy atom. The quantitative estimate of drug-likeness (QED) is 0.578. The van der Waals surface area contributed by atoms with Crippen LogP contribution in [0.2, 0.25) is 0 Å². The Balaban J connectivity index is 2.41. The summed E-state index contributed by atoms with van der Waals surface area (Å²) in [6.07, 6.45) is 2.43. The SMILES string of the molecule is CCCCOC(C)(C)C(=O)c1c(O)cccc1C1(CC)OCCO1. The van der Waals surface area contributed by atoms with E-state index in [1.807, 2.05) is 6.92 Å². The average molecular weight is 336 g/mol. The van der Waals surface area contributed by atoms with Crippen molar-refractivity contribution in [1.29, 1.82) is 0 Å². The summed E-state index contributed by atoms with van der Waals surface area (Å²) in [6, 6.07) is 5.00. The van der Waals surface area contributed by atoms with Crippen LogP contribution in [-0.2, 0) is 20.0 Å². The Kier molecular flexibility index (Phi) is 6.01. The molecule has 0 aromatic heterocycles. The number of carbonyl (C=O) groups is 1. The van der Waals surface area contributed by atoms with E-state index < -0.39 is 11.4 Å². The van der Waals surface area contributed by atoms with Crippen LogP contribution in [0.25, 0.3) is 0 Å². The largest absolute Gasteiger partial charge is 0.507 e. The van der Waals surface area contributed by atoms with Gasteiger partial charge >= 0.3 is 0 Å². The van der Waals surface area contributed by atoms with Crippen molar-refractivity contribution >= 4 is 5.78 Å². The molecule has 1 aliphatic heterocycles. The molecule has 1 aromatic rings. The monoisotopic (exact) mass is 336 g/mol. The third-order valence-corrected chi connectivity index (χ3v) is 4.41. The molecule has 134 valence electrons. The second kappa shape index (κ2) is 7.64. The van der Waals surface area contributed by atoms with E-state index in [1.54, 1.807) is 26.0 Å². The van der Waals surface area contributed by atoms with Crippen LogP contribution in [0.4, 0.5) is 0 Å². The number of hydrogen-bond donors (Lipinski definition) is 1. The molecule has 0 atom stereocenters. The van der Waals surface area contributed by atoms with E-state index in [2.05, 4.69) is 6.92 Å². The number of phenolic OH excluding ortho intramolecular Hbond substituents is 1. The van der Waals surface area contributed by atoms with E-state index in [4.69, 9.17) is 14.2 Å². The van der Waals surface area contributed by atoms with E-state index in [0.29, 0.717) is 31.8 Å². The molecule has 0 saturated carbocycles. The minimum absolute atomic E-state index is 0.0726. The highest BCUT2D eigenvalue weighted by atomic mass is 16.7. The lowest BCUT2D eigenvalue weighted by Gasteiger charge is -2.31. The maximum Gasteiger partial charge on any atom is 0.198 e. The predicted molar refractivity (Wildman–Crippen MR) is 91.2 cm³/mol. The minimum atomic E-state index is -1.03. The molecule has 0 amide bonds. The molecule has 24 heavy (non-hydrogen) atoms. The summed E-state index contributed by atoms with van der Waals surface area (Å²) in [5.74, 6) is -1.32. The van der Waals surface area contributed by atoms with Crippen molar-refractivity contribution in [2.24, 2.45) is 0 Å². The van der Waals surface area contributed by atoms with Gasteiger partial charge < -0.3 is 19.3 Å². The van der Waals surface area contributed by atoms with Gasteiger partial charge in [-0.15, -0.1) is 0 Å². The zero-order valence-corrected chi connectivity index (χ0v) is 15.1. The van der Waals surface area contributed by atoms with E-state index in [9.17, 15) is 9.90 Å². The summed E-state index contributed by atoms with van der Waals surface area (Å²) in [5.41, 5.74) is -0.238. The van der Waals surface area contributed by atoms with Gasteiger partial charge in [-0.3, -0.25) is 4.79 Å². The predicted octanol–water partition coefficient (Wildman–Crippen LogP) is 3.78. The fourth-order valence-corrected chi connectivity index (χ4v) is 2.94. The van der Waals surface area contributed by atoms with Crippen molar-refractivity contribution in [1.82, 2.24) is 0 Å². The first-order valence-corrected chi connectivity index (χ1v) is 8.67. The fraction of sp³-hybridized carbons (Fsp3) is 0.632. The standard InChI is InChI=1S/C19H28O5/c1-5-7-11-22-18(3,4)17(21)16-14(9-8-10-15(16)20)19(6-2)23-12-13-24-19/h8-10,20H,5-7,11-13H2,1-4H3. The molecule has 2 rings (SSSR count). The lowest BCUT2D eigenvalue weighted by atomic mass is 9.88. The summed E-state index contributed by atoms with van der Waals surface area (Å²) in [6.45, 7) is 8.91. The molecule has 5 heteroatoms. The lowest BCUT2D eigenvalue weighted by Crippen LogP contribution is -2.38. The third kappa shape index (κ3) is 3.63. The molecule has 1 saturated heterocycles. The van der Waals surface area contributed by atoms with Gasteiger partial charge in [0.25, 0.3) is 0 Å². The number of phenols is 1. The second-order valence-corrected chi connectivity index (χ2v) is 6.54. The molecule has 5 nitrogen and oxygen atoms in total. The molecule has 0 unspecified atom stereocenters. The zero-order valence-electron chi connectivity index (χ0n) is 15.1. The maximum atomic E-state index is 13.1. The fourth-order valence-electron chi connectivity index (χ4n) is 2.94. The van der Waals surface area contributed by atoms with E-state index in [-0.39, 0.29) is 17.1 Å². The van der Waals surface area contributed by atoms with Gasteiger partial charge in [0.05, 0.1) is 18.8 Å². The van der Waals surface area contributed by atoms with Crippen LogP contribution < -0.4 is 0 Å². The maximum absolute atomic E-state index is 13.1. The van der Waals surface area contributed by atoms with Crippen molar-refractivity contribution in [3.63, 3.8) is 0 Å². The van der Waals surface area contributed by atoms with Crippen LogP contribution in [0.1, 0.15) is 62.9 Å². The Hall–Kier alpha value is -1.43. The zero-order chi connectivity index (χ0) is 17.8. The number of hydrogen-bond acceptors (Lipinski definition) is 5.